The fraction of sp³-hybridized carbons (Fsp3) is 0.143. The summed E-state index contributed by atoms with van der Waals surface area (Å²) in [6.45, 7) is 3.79. The molecule has 0 bridgehead atoms. The Morgan fingerprint density at radius 2 is 2.00 bits per heavy atom. The van der Waals surface area contributed by atoms with Crippen LogP contribution in [0.2, 0.25) is 10.0 Å². The van der Waals surface area contributed by atoms with Crippen molar-refractivity contribution in [2.75, 3.05) is 0 Å². The van der Waals surface area contributed by atoms with Gasteiger partial charge in [0.05, 0.1) is 4.66 Å². The van der Waals surface area contributed by atoms with Crippen molar-refractivity contribution in [3.63, 3.8) is 0 Å². The topological polar surface area (TPSA) is 39.1 Å². The van der Waals surface area contributed by atoms with Crippen molar-refractivity contribution >= 4 is 52.5 Å². The highest BCUT2D eigenvalue weighted by Gasteiger charge is 2.29. The molecular formula is C14H9Cl2NO2S. The van der Waals surface area contributed by atoms with Crippen molar-refractivity contribution in [2.24, 2.45) is 7.05 Å². The molecule has 1 heterocycles. The fourth-order valence-corrected chi connectivity index (χ4v) is 3.87. The van der Waals surface area contributed by atoms with E-state index in [9.17, 15) is 9.59 Å². The van der Waals surface area contributed by atoms with Gasteiger partial charge in [-0.3, -0.25) is 9.59 Å². The van der Waals surface area contributed by atoms with Crippen LogP contribution in [-0.2, 0) is 18.3 Å². The van der Waals surface area contributed by atoms with Gasteiger partial charge in [0.15, 0.2) is 5.78 Å². The maximum absolute atomic E-state index is 12.3. The van der Waals surface area contributed by atoms with Crippen LogP contribution in [0, 0.1) is 0 Å². The van der Waals surface area contributed by atoms with Gasteiger partial charge in [-0.2, -0.15) is 0 Å². The molecule has 0 spiro atoms. The third kappa shape index (κ3) is 1.87. The third-order valence-corrected chi connectivity index (χ3v) is 5.01. The lowest BCUT2D eigenvalue weighted by atomic mass is 10.1. The number of thiazole rings is 1. The first-order chi connectivity index (χ1) is 9.40. The predicted octanol–water partition coefficient (Wildman–Crippen LogP) is 1.49. The van der Waals surface area contributed by atoms with E-state index < -0.39 is 0 Å². The molecule has 0 atom stereocenters. The largest absolute Gasteiger partial charge is 0.303 e. The van der Waals surface area contributed by atoms with Crippen molar-refractivity contribution in [3.8, 4) is 0 Å². The van der Waals surface area contributed by atoms with E-state index in [1.807, 2.05) is 0 Å². The van der Waals surface area contributed by atoms with Crippen molar-refractivity contribution in [2.45, 2.75) is 6.42 Å². The predicted molar refractivity (Wildman–Crippen MR) is 82.0 cm³/mol. The number of hydrogen-bond acceptors (Lipinski definition) is 3. The molecule has 1 aliphatic rings. The molecule has 1 aliphatic carbocycles. The molecule has 0 radical (unpaired) electrons. The summed E-state index contributed by atoms with van der Waals surface area (Å²) in [5.41, 5.74) is 1.58. The summed E-state index contributed by atoms with van der Waals surface area (Å²) in [4.78, 5) is 24.5. The number of nitrogens with zero attached hydrogens (tertiary/aromatic N) is 1. The lowest BCUT2D eigenvalue weighted by Crippen LogP contribution is -2.30. The first-order valence-corrected chi connectivity index (χ1v) is 7.38. The number of halogens is 2. The summed E-state index contributed by atoms with van der Waals surface area (Å²) in [7, 11) is 1.64. The SMILES string of the molecule is C=c1s/c(=C2\C(=O)Cc3c(Cl)cc(Cl)cc32)c(=O)n1C. The number of carbonyl (C=O) groups is 1. The summed E-state index contributed by atoms with van der Waals surface area (Å²) in [5.74, 6) is -0.108. The van der Waals surface area contributed by atoms with E-state index >= 15 is 0 Å². The fourth-order valence-electron chi connectivity index (χ4n) is 2.31. The second-order valence-corrected chi connectivity index (χ2v) is 6.51. The minimum atomic E-state index is -0.215. The molecule has 2 aromatic rings. The van der Waals surface area contributed by atoms with Gasteiger partial charge >= 0.3 is 0 Å². The van der Waals surface area contributed by atoms with Gasteiger partial charge in [0.1, 0.15) is 4.53 Å². The molecule has 1 aromatic heterocycles. The second-order valence-electron chi connectivity index (χ2n) is 4.58. The molecule has 0 aliphatic heterocycles. The standard InChI is InChI=1S/C14H9Cl2NO2S/c1-6-17(2)14(19)13(20-6)12-9-3-7(15)4-10(16)8(9)5-11(12)18/h3-4H,1,5H2,2H3/b13-12-. The highest BCUT2D eigenvalue weighted by Crippen LogP contribution is 2.35. The van der Waals surface area contributed by atoms with E-state index in [0.29, 0.717) is 30.4 Å². The van der Waals surface area contributed by atoms with Crippen LogP contribution in [0.3, 0.4) is 0 Å². The molecule has 0 fully saturated rings. The minimum absolute atomic E-state index is 0.108. The smallest absolute Gasteiger partial charge is 0.269 e. The van der Waals surface area contributed by atoms with Gasteiger partial charge in [-0.15, -0.1) is 11.3 Å². The summed E-state index contributed by atoms with van der Waals surface area (Å²) in [5, 5.41) is 0.906. The summed E-state index contributed by atoms with van der Waals surface area (Å²) in [6, 6.07) is 3.29. The summed E-state index contributed by atoms with van der Waals surface area (Å²) >= 11 is 13.3. The molecule has 6 heteroatoms. The number of Topliss-reactive ketones (excluding diaryl/α,β-unsaturated/α-hetero) is 1. The Hall–Kier alpha value is -1.36. The zero-order chi connectivity index (χ0) is 14.6. The number of ketones is 1. The van der Waals surface area contributed by atoms with E-state index in [0.717, 1.165) is 5.56 Å². The van der Waals surface area contributed by atoms with Crippen LogP contribution in [0.5, 0.6) is 0 Å². The molecule has 0 amide bonds. The summed E-state index contributed by atoms with van der Waals surface area (Å²) in [6.07, 6.45) is 0.203. The van der Waals surface area contributed by atoms with Crippen molar-refractivity contribution in [1.29, 1.82) is 0 Å². The quantitative estimate of drug-likeness (QED) is 0.736. The van der Waals surface area contributed by atoms with Crippen molar-refractivity contribution < 1.29 is 4.79 Å². The summed E-state index contributed by atoms with van der Waals surface area (Å²) < 4.78 is 2.44. The lowest BCUT2D eigenvalue weighted by molar-refractivity contribution is -0.112. The van der Waals surface area contributed by atoms with Gasteiger partial charge in [0.2, 0.25) is 0 Å². The Labute approximate surface area is 128 Å². The zero-order valence-corrected chi connectivity index (χ0v) is 12.8. The van der Waals surface area contributed by atoms with Crippen LogP contribution in [0.15, 0.2) is 16.9 Å². The maximum Gasteiger partial charge on any atom is 0.269 e. The number of aromatic nitrogens is 1. The second kappa shape index (κ2) is 4.58. The van der Waals surface area contributed by atoms with Crippen molar-refractivity contribution in [3.05, 3.63) is 52.9 Å². The number of carbonyl (C=O) groups excluding carboxylic acids is 1. The molecule has 102 valence electrons. The molecule has 3 nitrogen and oxygen atoms in total. The molecule has 3 rings (SSSR count). The normalized spacial score (nSPS) is 16.6. The van der Waals surface area contributed by atoms with Crippen LogP contribution in [0.25, 0.3) is 12.2 Å². The monoisotopic (exact) mass is 325 g/mol. The Balaban J connectivity index is 2.50. The number of hydrogen-bond donors (Lipinski definition) is 0. The highest BCUT2D eigenvalue weighted by molar-refractivity contribution is 7.07. The highest BCUT2D eigenvalue weighted by atomic mass is 35.5. The number of rotatable bonds is 0. The van der Waals surface area contributed by atoms with E-state index in [1.54, 1.807) is 19.2 Å². The van der Waals surface area contributed by atoms with E-state index in [1.165, 1.54) is 15.9 Å². The average molecular weight is 326 g/mol. The minimum Gasteiger partial charge on any atom is -0.303 e. The maximum atomic E-state index is 12.3. The van der Waals surface area contributed by atoms with Crippen LogP contribution < -0.4 is 14.8 Å². The molecule has 0 saturated carbocycles. The Bertz CT molecular complexity index is 924. The van der Waals surface area contributed by atoms with Crippen LogP contribution >= 0.6 is 34.5 Å². The zero-order valence-electron chi connectivity index (χ0n) is 10.5. The van der Waals surface area contributed by atoms with Gasteiger partial charge < -0.3 is 4.57 Å². The molecule has 1 aromatic carbocycles. The Morgan fingerprint density at radius 3 is 2.60 bits per heavy atom. The third-order valence-electron chi connectivity index (χ3n) is 3.37. The first-order valence-electron chi connectivity index (χ1n) is 5.80. The van der Waals surface area contributed by atoms with Gasteiger partial charge in [-0.1, -0.05) is 29.8 Å². The van der Waals surface area contributed by atoms with Crippen molar-refractivity contribution in [1.82, 2.24) is 4.57 Å². The van der Waals surface area contributed by atoms with Gasteiger partial charge in [0.25, 0.3) is 5.56 Å². The molecule has 20 heavy (non-hydrogen) atoms. The average Bonchev–Trinajstić information content (AvgIpc) is 2.82. The number of benzene rings is 1. The lowest BCUT2D eigenvalue weighted by Gasteiger charge is -2.02. The van der Waals surface area contributed by atoms with Crippen LogP contribution in [0.4, 0.5) is 0 Å². The molecule has 0 N–H and O–H groups in total. The van der Waals surface area contributed by atoms with E-state index in [-0.39, 0.29) is 17.8 Å². The Morgan fingerprint density at radius 1 is 1.30 bits per heavy atom. The van der Waals surface area contributed by atoms with E-state index in [2.05, 4.69) is 6.58 Å². The van der Waals surface area contributed by atoms with Gasteiger partial charge in [-0.25, -0.2) is 0 Å². The molecule has 0 saturated heterocycles. The van der Waals surface area contributed by atoms with Gasteiger partial charge in [0, 0.05) is 29.1 Å². The molecule has 0 unspecified atom stereocenters. The first kappa shape index (κ1) is 13.6. The van der Waals surface area contributed by atoms with Crippen LogP contribution in [-0.4, -0.2) is 10.4 Å². The Kier molecular flexibility index (Phi) is 3.12. The number of fused-ring (bicyclic) bond motifs is 1. The van der Waals surface area contributed by atoms with E-state index in [4.69, 9.17) is 23.2 Å². The molecular weight excluding hydrogens is 317 g/mol. The van der Waals surface area contributed by atoms with Gasteiger partial charge in [-0.05, 0) is 23.3 Å². The van der Waals surface area contributed by atoms with Crippen LogP contribution in [0.1, 0.15) is 11.1 Å².